The van der Waals surface area contributed by atoms with Gasteiger partial charge in [0.2, 0.25) is 0 Å². The summed E-state index contributed by atoms with van der Waals surface area (Å²) in [6, 6.07) is 0. The van der Waals surface area contributed by atoms with Crippen molar-refractivity contribution in [1.29, 1.82) is 0 Å². The van der Waals surface area contributed by atoms with E-state index in [2.05, 4.69) is 20.8 Å². The third kappa shape index (κ3) is 4.65. The van der Waals surface area contributed by atoms with E-state index >= 15 is 0 Å². The van der Waals surface area contributed by atoms with E-state index in [9.17, 15) is 35.7 Å². The Morgan fingerprint density at radius 1 is 0.763 bits per heavy atom. The summed E-state index contributed by atoms with van der Waals surface area (Å²) in [5.74, 6) is 1.69. The van der Waals surface area contributed by atoms with E-state index in [1.807, 2.05) is 0 Å². The predicted molar refractivity (Wildman–Crippen MR) is 131 cm³/mol. The second kappa shape index (κ2) is 10.4. The fourth-order valence-corrected chi connectivity index (χ4v) is 8.28. The Bertz CT molecular complexity index is 844. The molecule has 5 rings (SSSR count). The van der Waals surface area contributed by atoms with Crippen molar-refractivity contribution in [2.24, 2.45) is 35.0 Å². The van der Waals surface area contributed by atoms with E-state index < -0.39 is 73.6 Å². The van der Waals surface area contributed by atoms with Crippen LogP contribution in [-0.4, -0.2) is 116 Å². The molecule has 2 heterocycles. The van der Waals surface area contributed by atoms with Gasteiger partial charge in [0.15, 0.2) is 12.6 Å². The first kappa shape index (κ1) is 29.1. The molecule has 0 spiro atoms. The molecular weight excluding hydrogens is 500 g/mol. The van der Waals surface area contributed by atoms with Crippen LogP contribution in [0.2, 0.25) is 0 Å². The van der Waals surface area contributed by atoms with Gasteiger partial charge in [-0.05, 0) is 68.1 Å². The molecular formula is C27H46O11. The molecule has 0 aromatic carbocycles. The van der Waals surface area contributed by atoms with Crippen molar-refractivity contribution in [3.05, 3.63) is 0 Å². The molecule has 38 heavy (non-hydrogen) atoms. The maximum absolute atomic E-state index is 10.6. The molecule has 220 valence electrons. The number of ether oxygens (including phenoxy) is 4. The van der Waals surface area contributed by atoms with Gasteiger partial charge in [-0.1, -0.05) is 20.3 Å². The lowest BCUT2D eigenvalue weighted by atomic mass is 9.74. The van der Waals surface area contributed by atoms with Gasteiger partial charge < -0.3 is 54.7 Å². The minimum atomic E-state index is -1.47. The minimum absolute atomic E-state index is 0.169. The maximum Gasteiger partial charge on any atom is 0.187 e. The number of aliphatic hydroxyl groups excluding tert-OH is 7. The maximum atomic E-state index is 10.6. The van der Waals surface area contributed by atoms with Crippen molar-refractivity contribution in [1.82, 2.24) is 0 Å². The van der Waals surface area contributed by atoms with Gasteiger partial charge in [0.1, 0.15) is 42.7 Å². The van der Waals surface area contributed by atoms with Crippen molar-refractivity contribution in [2.45, 2.75) is 120 Å². The summed E-state index contributed by atoms with van der Waals surface area (Å²) >= 11 is 0. The zero-order valence-electron chi connectivity index (χ0n) is 22.7. The first-order chi connectivity index (χ1) is 17.8. The Labute approximate surface area is 223 Å². The monoisotopic (exact) mass is 546 g/mol. The highest BCUT2D eigenvalue weighted by atomic mass is 16.7. The van der Waals surface area contributed by atoms with E-state index in [0.717, 1.165) is 25.7 Å². The molecule has 2 aliphatic heterocycles. The fraction of sp³-hybridized carbons (Fsp3) is 1.00. The molecule has 17 unspecified atom stereocenters. The molecule has 17 atom stereocenters. The van der Waals surface area contributed by atoms with E-state index in [0.29, 0.717) is 30.3 Å². The van der Waals surface area contributed by atoms with E-state index in [1.165, 1.54) is 0 Å². The number of hydrogen-bond acceptors (Lipinski definition) is 11. The summed E-state index contributed by atoms with van der Waals surface area (Å²) < 4.78 is 23.9. The van der Waals surface area contributed by atoms with Crippen LogP contribution in [0.3, 0.4) is 0 Å². The summed E-state index contributed by atoms with van der Waals surface area (Å²) in [5, 5.41) is 71.1. The van der Waals surface area contributed by atoms with Crippen molar-refractivity contribution in [3.63, 3.8) is 0 Å². The lowest BCUT2D eigenvalue weighted by Gasteiger charge is -2.46. The van der Waals surface area contributed by atoms with Crippen LogP contribution >= 0.6 is 0 Å². The van der Waals surface area contributed by atoms with Gasteiger partial charge >= 0.3 is 0 Å². The Balaban J connectivity index is 1.28. The van der Waals surface area contributed by atoms with E-state index in [4.69, 9.17) is 18.9 Å². The predicted octanol–water partition coefficient (Wildman–Crippen LogP) is -0.886. The van der Waals surface area contributed by atoms with Crippen LogP contribution in [-0.2, 0) is 18.9 Å². The van der Waals surface area contributed by atoms with Gasteiger partial charge in [-0.25, -0.2) is 0 Å². The summed E-state index contributed by atoms with van der Waals surface area (Å²) in [6.45, 7) is 7.99. The van der Waals surface area contributed by atoms with Crippen molar-refractivity contribution < 1.29 is 54.7 Å². The largest absolute Gasteiger partial charge is 0.394 e. The van der Waals surface area contributed by atoms with Crippen LogP contribution in [0.1, 0.15) is 53.4 Å². The van der Waals surface area contributed by atoms with Crippen LogP contribution in [0.15, 0.2) is 0 Å². The highest BCUT2D eigenvalue weighted by Crippen LogP contribution is 2.72. The molecule has 11 nitrogen and oxygen atoms in total. The highest BCUT2D eigenvalue weighted by Gasteiger charge is 2.70. The van der Waals surface area contributed by atoms with Crippen molar-refractivity contribution in [3.8, 4) is 0 Å². The SMILES string of the molecule is CC1CCC2C1C1C(CCC2(C)OC2OC(C)C(O)C(O)C2O)C1(C)COC1OC(CO)C(O)C(O)C1O. The molecule has 7 N–H and O–H groups in total. The number of hydrogen-bond donors (Lipinski definition) is 7. The van der Waals surface area contributed by atoms with Gasteiger partial charge in [-0.15, -0.1) is 0 Å². The molecule has 3 aliphatic carbocycles. The van der Waals surface area contributed by atoms with E-state index in [-0.39, 0.29) is 11.3 Å². The Morgan fingerprint density at radius 2 is 1.42 bits per heavy atom. The van der Waals surface area contributed by atoms with Gasteiger partial charge in [0, 0.05) is 0 Å². The zero-order valence-corrected chi connectivity index (χ0v) is 22.7. The number of aliphatic hydroxyl groups is 7. The Hall–Kier alpha value is -0.440. The molecule has 0 aromatic heterocycles. The summed E-state index contributed by atoms with van der Waals surface area (Å²) in [6.07, 6.45) is -8.41. The molecule has 3 saturated carbocycles. The summed E-state index contributed by atoms with van der Waals surface area (Å²) in [5.41, 5.74) is -0.743. The number of rotatable bonds is 6. The van der Waals surface area contributed by atoms with Gasteiger partial charge in [-0.2, -0.15) is 0 Å². The molecule has 11 heteroatoms. The third-order valence-corrected chi connectivity index (χ3v) is 10.7. The molecule has 5 fully saturated rings. The fourth-order valence-electron chi connectivity index (χ4n) is 8.28. The second-order valence-corrected chi connectivity index (χ2v) is 13.0. The molecule has 5 aliphatic rings. The second-order valence-electron chi connectivity index (χ2n) is 13.0. The van der Waals surface area contributed by atoms with Crippen molar-refractivity contribution >= 4 is 0 Å². The topological polar surface area (TPSA) is 179 Å². The smallest absolute Gasteiger partial charge is 0.187 e. The van der Waals surface area contributed by atoms with Crippen LogP contribution < -0.4 is 0 Å². The lowest BCUT2D eigenvalue weighted by Crippen LogP contribution is -2.60. The van der Waals surface area contributed by atoms with Crippen LogP contribution in [0.4, 0.5) is 0 Å². The molecule has 0 aromatic rings. The van der Waals surface area contributed by atoms with E-state index in [1.54, 1.807) is 6.92 Å². The lowest BCUT2D eigenvalue weighted by molar-refractivity contribution is -0.327. The average molecular weight is 547 g/mol. The third-order valence-electron chi connectivity index (χ3n) is 10.7. The quantitative estimate of drug-likeness (QED) is 0.220. The molecule has 0 amide bonds. The van der Waals surface area contributed by atoms with Crippen LogP contribution in [0.25, 0.3) is 0 Å². The molecule has 2 saturated heterocycles. The highest BCUT2D eigenvalue weighted by molar-refractivity contribution is 5.17. The first-order valence-corrected chi connectivity index (χ1v) is 14.1. The average Bonchev–Trinajstić information content (AvgIpc) is 3.32. The van der Waals surface area contributed by atoms with Gasteiger partial charge in [0.05, 0.1) is 24.9 Å². The summed E-state index contributed by atoms with van der Waals surface area (Å²) in [7, 11) is 0. The number of fused-ring (bicyclic) bond motifs is 3. The van der Waals surface area contributed by atoms with Crippen LogP contribution in [0.5, 0.6) is 0 Å². The van der Waals surface area contributed by atoms with Crippen LogP contribution in [0, 0.1) is 35.0 Å². The summed E-state index contributed by atoms with van der Waals surface area (Å²) in [4.78, 5) is 0. The normalized spacial score (nSPS) is 58.7. The molecule has 0 bridgehead atoms. The first-order valence-electron chi connectivity index (χ1n) is 14.1. The Morgan fingerprint density at radius 3 is 2.11 bits per heavy atom. The molecule has 0 radical (unpaired) electrons. The zero-order chi connectivity index (χ0) is 27.7. The van der Waals surface area contributed by atoms with Gasteiger partial charge in [0.25, 0.3) is 0 Å². The minimum Gasteiger partial charge on any atom is -0.394 e. The standard InChI is InChI=1S/C27H46O11/c1-11-5-6-13-16(11)17-14(7-8-27(13,4)38-25-23(34)20(31)18(29)12(2)36-25)26(17,3)10-35-24-22(33)21(32)19(30)15(9-28)37-24/h11-25,28-34H,5-10H2,1-4H3. The Kier molecular flexibility index (Phi) is 7.98. The van der Waals surface area contributed by atoms with Gasteiger partial charge in [-0.3, -0.25) is 0 Å². The van der Waals surface area contributed by atoms with Crippen molar-refractivity contribution in [2.75, 3.05) is 13.2 Å².